The number of carbonyl (C=O) groups is 4. The number of nitrogens with zero attached hydrogens (tertiary/aromatic N) is 1. The number of rotatable bonds is 5. The molecule has 34 heavy (non-hydrogen) atoms. The number of hydrogen-bond donors (Lipinski definition) is 1. The fourth-order valence-corrected chi connectivity index (χ4v) is 4.17. The third-order valence-corrected chi connectivity index (χ3v) is 5.75. The van der Waals surface area contributed by atoms with E-state index in [1.807, 2.05) is 52.0 Å². The van der Waals surface area contributed by atoms with Crippen molar-refractivity contribution in [3.05, 3.63) is 93.5 Å². The Labute approximate surface area is 197 Å². The van der Waals surface area contributed by atoms with Crippen molar-refractivity contribution in [2.75, 3.05) is 16.8 Å². The molecule has 1 aliphatic rings. The van der Waals surface area contributed by atoms with Gasteiger partial charge < -0.3 is 10.1 Å². The predicted octanol–water partition coefficient (Wildman–Crippen LogP) is 4.52. The van der Waals surface area contributed by atoms with E-state index in [0.717, 1.165) is 27.2 Å². The molecule has 0 aliphatic carbocycles. The Morgan fingerprint density at radius 2 is 1.47 bits per heavy atom. The molecule has 7 heteroatoms. The van der Waals surface area contributed by atoms with E-state index in [9.17, 15) is 19.2 Å². The number of nitrogens with one attached hydrogen (secondary N) is 1. The van der Waals surface area contributed by atoms with Crippen LogP contribution in [-0.4, -0.2) is 30.3 Å². The number of hydrogen-bond acceptors (Lipinski definition) is 5. The van der Waals surface area contributed by atoms with Gasteiger partial charge in [0.1, 0.15) is 0 Å². The summed E-state index contributed by atoms with van der Waals surface area (Å²) in [7, 11) is 0. The van der Waals surface area contributed by atoms with E-state index in [4.69, 9.17) is 4.74 Å². The molecular weight excluding hydrogens is 432 g/mol. The van der Waals surface area contributed by atoms with Gasteiger partial charge in [-0.2, -0.15) is 0 Å². The van der Waals surface area contributed by atoms with Crippen LogP contribution in [0.15, 0.2) is 54.6 Å². The van der Waals surface area contributed by atoms with Crippen molar-refractivity contribution in [1.29, 1.82) is 0 Å². The molecule has 0 fully saturated rings. The Balaban J connectivity index is 1.46. The third kappa shape index (κ3) is 4.20. The summed E-state index contributed by atoms with van der Waals surface area (Å²) in [5, 5.41) is 2.77. The highest BCUT2D eigenvalue weighted by atomic mass is 16.5. The summed E-state index contributed by atoms with van der Waals surface area (Å²) < 4.78 is 5.16. The number of para-hydroxylation sites is 1. The quantitative estimate of drug-likeness (QED) is 0.450. The predicted molar refractivity (Wildman–Crippen MR) is 128 cm³/mol. The first-order chi connectivity index (χ1) is 16.2. The molecule has 1 N–H and O–H groups in total. The summed E-state index contributed by atoms with van der Waals surface area (Å²) in [4.78, 5) is 51.8. The topological polar surface area (TPSA) is 92.8 Å². The van der Waals surface area contributed by atoms with Gasteiger partial charge in [-0.15, -0.1) is 0 Å². The molecule has 0 atom stereocenters. The maximum atomic E-state index is 13.0. The fourth-order valence-electron chi connectivity index (χ4n) is 4.17. The van der Waals surface area contributed by atoms with Gasteiger partial charge in [0.15, 0.2) is 6.61 Å². The minimum Gasteiger partial charge on any atom is -0.452 e. The molecule has 0 bridgehead atoms. The average molecular weight is 456 g/mol. The van der Waals surface area contributed by atoms with Crippen LogP contribution in [0.25, 0.3) is 0 Å². The van der Waals surface area contributed by atoms with Crippen molar-refractivity contribution in [1.82, 2.24) is 0 Å². The first-order valence-electron chi connectivity index (χ1n) is 10.8. The van der Waals surface area contributed by atoms with Gasteiger partial charge in [-0.05, 0) is 68.7 Å². The zero-order valence-electron chi connectivity index (χ0n) is 19.4. The van der Waals surface area contributed by atoms with Gasteiger partial charge in [-0.25, -0.2) is 9.69 Å². The van der Waals surface area contributed by atoms with Gasteiger partial charge in [0.2, 0.25) is 0 Å². The number of anilines is 2. The second-order valence-corrected chi connectivity index (χ2v) is 8.39. The average Bonchev–Trinajstić information content (AvgIpc) is 3.04. The summed E-state index contributed by atoms with van der Waals surface area (Å²) in [6.45, 7) is 7.09. The Bertz CT molecular complexity index is 1340. The van der Waals surface area contributed by atoms with E-state index >= 15 is 0 Å². The molecule has 1 heterocycles. The molecule has 172 valence electrons. The Morgan fingerprint density at radius 1 is 0.824 bits per heavy atom. The molecule has 3 aromatic rings. The molecule has 0 saturated heterocycles. The van der Waals surface area contributed by atoms with Gasteiger partial charge in [0.05, 0.1) is 22.4 Å². The van der Waals surface area contributed by atoms with Crippen LogP contribution in [0.5, 0.6) is 0 Å². The van der Waals surface area contributed by atoms with Gasteiger partial charge in [0.25, 0.3) is 17.7 Å². The maximum Gasteiger partial charge on any atom is 0.338 e. The lowest BCUT2D eigenvalue weighted by Crippen LogP contribution is -2.29. The van der Waals surface area contributed by atoms with E-state index < -0.39 is 30.3 Å². The summed E-state index contributed by atoms with van der Waals surface area (Å²) in [5.41, 5.74) is 5.30. The highest BCUT2D eigenvalue weighted by Gasteiger charge is 2.37. The smallest absolute Gasteiger partial charge is 0.338 e. The lowest BCUT2D eigenvalue weighted by atomic mass is 10.1. The molecular formula is C27H24N2O5. The van der Waals surface area contributed by atoms with Crippen LogP contribution >= 0.6 is 0 Å². The van der Waals surface area contributed by atoms with Crippen LogP contribution in [0, 0.1) is 27.7 Å². The van der Waals surface area contributed by atoms with Crippen molar-refractivity contribution in [2.45, 2.75) is 27.7 Å². The van der Waals surface area contributed by atoms with Crippen LogP contribution in [0.3, 0.4) is 0 Å². The number of benzene rings is 3. The van der Waals surface area contributed by atoms with Crippen LogP contribution in [0.1, 0.15) is 53.3 Å². The van der Waals surface area contributed by atoms with E-state index in [-0.39, 0.29) is 16.7 Å². The monoisotopic (exact) mass is 456 g/mol. The molecule has 4 rings (SSSR count). The highest BCUT2D eigenvalue weighted by Crippen LogP contribution is 2.31. The van der Waals surface area contributed by atoms with Crippen LogP contribution < -0.4 is 10.2 Å². The molecule has 0 saturated carbocycles. The number of aryl methyl sites for hydroxylation is 4. The number of amides is 3. The van der Waals surface area contributed by atoms with Crippen LogP contribution in [0.4, 0.5) is 11.4 Å². The van der Waals surface area contributed by atoms with Crippen LogP contribution in [-0.2, 0) is 9.53 Å². The molecule has 3 amide bonds. The molecule has 0 aromatic heterocycles. The first-order valence-corrected chi connectivity index (χ1v) is 10.8. The number of esters is 1. The van der Waals surface area contributed by atoms with E-state index in [1.165, 1.54) is 18.2 Å². The number of carbonyl (C=O) groups excluding carboxylic acids is 4. The first kappa shape index (κ1) is 22.9. The van der Waals surface area contributed by atoms with Crippen molar-refractivity contribution >= 4 is 35.1 Å². The summed E-state index contributed by atoms with van der Waals surface area (Å²) in [5.74, 6) is -2.18. The van der Waals surface area contributed by atoms with Gasteiger partial charge in [-0.1, -0.05) is 35.9 Å². The SMILES string of the molecule is Cc1cc(C)c(NC(=O)COC(=O)c2ccc3c(c2)C(=O)N(c2ccccc2C)C3=O)c(C)c1. The van der Waals surface area contributed by atoms with Crippen LogP contribution in [0.2, 0.25) is 0 Å². The number of fused-ring (bicyclic) bond motifs is 1. The molecule has 0 spiro atoms. The van der Waals surface area contributed by atoms with Gasteiger partial charge >= 0.3 is 5.97 Å². The normalized spacial score (nSPS) is 12.5. The third-order valence-electron chi connectivity index (χ3n) is 5.75. The van der Waals surface area contributed by atoms with Gasteiger partial charge in [-0.3, -0.25) is 14.4 Å². The molecule has 0 unspecified atom stereocenters. The van der Waals surface area contributed by atoms with Crippen molar-refractivity contribution < 1.29 is 23.9 Å². The minimum absolute atomic E-state index is 0.0852. The zero-order valence-corrected chi connectivity index (χ0v) is 19.4. The minimum atomic E-state index is -0.759. The lowest BCUT2D eigenvalue weighted by molar-refractivity contribution is -0.119. The van der Waals surface area contributed by atoms with Crippen molar-refractivity contribution in [3.63, 3.8) is 0 Å². The summed E-state index contributed by atoms with van der Waals surface area (Å²) in [6.07, 6.45) is 0. The second-order valence-electron chi connectivity index (χ2n) is 8.39. The standard InChI is InChI=1S/C27H24N2O5/c1-15-11-17(3)24(18(4)12-15)28-23(30)14-34-27(33)19-9-10-20-21(13-19)26(32)29(25(20)31)22-8-6-5-7-16(22)2/h5-13H,14H2,1-4H3,(H,28,30). The fraction of sp³-hybridized carbons (Fsp3) is 0.185. The van der Waals surface area contributed by atoms with E-state index in [2.05, 4.69) is 5.32 Å². The molecule has 3 aromatic carbocycles. The second kappa shape index (κ2) is 8.94. The maximum absolute atomic E-state index is 13.0. The summed E-state index contributed by atoms with van der Waals surface area (Å²) >= 11 is 0. The van der Waals surface area contributed by atoms with E-state index in [1.54, 1.807) is 12.1 Å². The Hall–Kier alpha value is -4.26. The number of imide groups is 1. The highest BCUT2D eigenvalue weighted by molar-refractivity contribution is 6.35. The van der Waals surface area contributed by atoms with E-state index in [0.29, 0.717) is 11.4 Å². The Morgan fingerprint density at radius 3 is 2.15 bits per heavy atom. The molecule has 1 aliphatic heterocycles. The van der Waals surface area contributed by atoms with Gasteiger partial charge in [0, 0.05) is 5.69 Å². The Kier molecular flexibility index (Phi) is 6.03. The largest absolute Gasteiger partial charge is 0.452 e. The lowest BCUT2D eigenvalue weighted by Gasteiger charge is -2.16. The zero-order chi connectivity index (χ0) is 24.6. The molecule has 0 radical (unpaired) electrons. The molecule has 7 nitrogen and oxygen atoms in total. The number of ether oxygens (including phenoxy) is 1. The summed E-state index contributed by atoms with van der Waals surface area (Å²) in [6, 6.07) is 15.2. The van der Waals surface area contributed by atoms with Crippen molar-refractivity contribution in [3.8, 4) is 0 Å². The van der Waals surface area contributed by atoms with Crippen molar-refractivity contribution in [2.24, 2.45) is 0 Å².